The van der Waals surface area contributed by atoms with E-state index in [1.54, 1.807) is 6.07 Å². The predicted molar refractivity (Wildman–Crippen MR) is 116 cm³/mol. The number of carbonyl (C=O) groups is 1. The molecule has 4 rings (SSSR count). The highest BCUT2D eigenvalue weighted by atomic mass is 19.1. The van der Waals surface area contributed by atoms with Crippen molar-refractivity contribution < 1.29 is 9.18 Å². The van der Waals surface area contributed by atoms with E-state index < -0.39 is 0 Å². The minimum Gasteiger partial charge on any atom is -0.358 e. The maximum atomic E-state index is 13.6. The first-order valence-corrected chi connectivity index (χ1v) is 10.2. The summed E-state index contributed by atoms with van der Waals surface area (Å²) in [6, 6.07) is 14.6. The third-order valence-corrected chi connectivity index (χ3v) is 5.39. The molecule has 0 aliphatic carbocycles. The number of aromatic amines is 1. The van der Waals surface area contributed by atoms with Gasteiger partial charge in [0.1, 0.15) is 5.82 Å². The molecule has 6 heteroatoms. The van der Waals surface area contributed by atoms with Crippen LogP contribution in [0.2, 0.25) is 0 Å². The quantitative estimate of drug-likeness (QED) is 0.449. The van der Waals surface area contributed by atoms with Crippen LogP contribution in [0.5, 0.6) is 0 Å². The van der Waals surface area contributed by atoms with Crippen molar-refractivity contribution in [1.82, 2.24) is 20.1 Å². The molecular formula is C24H25FN4O. The van der Waals surface area contributed by atoms with Crippen molar-refractivity contribution in [3.05, 3.63) is 83.1 Å². The second-order valence-electron chi connectivity index (χ2n) is 7.57. The van der Waals surface area contributed by atoms with E-state index in [4.69, 9.17) is 0 Å². The Morgan fingerprint density at radius 3 is 2.77 bits per heavy atom. The molecule has 0 atom stereocenters. The molecular weight excluding hydrogens is 379 g/mol. The van der Waals surface area contributed by atoms with Gasteiger partial charge in [-0.3, -0.25) is 4.79 Å². The van der Waals surface area contributed by atoms with Gasteiger partial charge in [-0.2, -0.15) is 5.10 Å². The first-order chi connectivity index (χ1) is 14.5. The van der Waals surface area contributed by atoms with Crippen LogP contribution in [0.15, 0.2) is 54.7 Å². The molecule has 0 unspecified atom stereocenters. The molecule has 30 heavy (non-hydrogen) atoms. The first-order valence-electron chi connectivity index (χ1n) is 10.2. The number of fused-ring (bicyclic) bond motifs is 1. The van der Waals surface area contributed by atoms with E-state index in [1.807, 2.05) is 48.9 Å². The Morgan fingerprint density at radius 2 is 1.97 bits per heavy atom. The lowest BCUT2D eigenvalue weighted by atomic mass is 10.1. The fraction of sp³-hybridized carbons (Fsp3) is 0.250. The van der Waals surface area contributed by atoms with Crippen LogP contribution in [-0.4, -0.2) is 27.2 Å². The predicted octanol–water partition coefficient (Wildman–Crippen LogP) is 4.40. The lowest BCUT2D eigenvalue weighted by molar-refractivity contribution is -0.120. The summed E-state index contributed by atoms with van der Waals surface area (Å²) in [4.78, 5) is 15.6. The highest BCUT2D eigenvalue weighted by Crippen LogP contribution is 2.23. The zero-order chi connectivity index (χ0) is 21.1. The maximum absolute atomic E-state index is 13.6. The summed E-state index contributed by atoms with van der Waals surface area (Å²) in [5.74, 6) is -0.352. The number of rotatable bonds is 7. The van der Waals surface area contributed by atoms with Gasteiger partial charge < -0.3 is 10.3 Å². The Hall–Kier alpha value is -3.41. The van der Waals surface area contributed by atoms with Crippen LogP contribution >= 0.6 is 0 Å². The first kappa shape index (κ1) is 19.9. The number of hydrogen-bond acceptors (Lipinski definition) is 2. The molecule has 0 saturated carbocycles. The summed E-state index contributed by atoms with van der Waals surface area (Å²) in [5.41, 5.74) is 5.81. The van der Waals surface area contributed by atoms with Gasteiger partial charge in [-0.25, -0.2) is 9.07 Å². The molecule has 0 radical (unpaired) electrons. The lowest BCUT2D eigenvalue weighted by Crippen LogP contribution is -2.26. The number of amides is 1. The number of benzene rings is 2. The monoisotopic (exact) mass is 404 g/mol. The van der Waals surface area contributed by atoms with Gasteiger partial charge in [0, 0.05) is 29.3 Å². The van der Waals surface area contributed by atoms with Gasteiger partial charge in [0.25, 0.3) is 0 Å². The van der Waals surface area contributed by atoms with Crippen LogP contribution < -0.4 is 5.32 Å². The number of H-pyrrole nitrogens is 1. The molecule has 2 heterocycles. The average molecular weight is 404 g/mol. The summed E-state index contributed by atoms with van der Waals surface area (Å²) in [6.07, 6.45) is 3.96. The Bertz CT molecular complexity index is 1180. The van der Waals surface area contributed by atoms with Gasteiger partial charge >= 0.3 is 0 Å². The van der Waals surface area contributed by atoms with E-state index >= 15 is 0 Å². The minimum atomic E-state index is -0.297. The number of para-hydroxylation sites is 1. The molecule has 0 saturated heterocycles. The summed E-state index contributed by atoms with van der Waals surface area (Å²) in [7, 11) is 0. The zero-order valence-electron chi connectivity index (χ0n) is 17.2. The van der Waals surface area contributed by atoms with E-state index in [0.29, 0.717) is 6.54 Å². The van der Waals surface area contributed by atoms with E-state index in [9.17, 15) is 9.18 Å². The molecule has 2 aromatic heterocycles. The molecule has 0 bridgehead atoms. The van der Waals surface area contributed by atoms with Crippen molar-refractivity contribution in [3.8, 4) is 5.69 Å². The number of hydrogen-bond donors (Lipinski definition) is 2. The largest absolute Gasteiger partial charge is 0.358 e. The zero-order valence-corrected chi connectivity index (χ0v) is 17.2. The summed E-state index contributed by atoms with van der Waals surface area (Å²) >= 11 is 0. The highest BCUT2D eigenvalue weighted by Gasteiger charge is 2.13. The lowest BCUT2D eigenvalue weighted by Gasteiger charge is -2.06. The number of aromatic nitrogens is 3. The third-order valence-electron chi connectivity index (χ3n) is 5.39. The Kier molecular flexibility index (Phi) is 5.65. The summed E-state index contributed by atoms with van der Waals surface area (Å²) < 4.78 is 15.5. The van der Waals surface area contributed by atoms with Gasteiger partial charge in [-0.05, 0) is 68.1 Å². The van der Waals surface area contributed by atoms with E-state index in [0.717, 1.165) is 46.4 Å². The van der Waals surface area contributed by atoms with Crippen molar-refractivity contribution in [2.75, 3.05) is 6.54 Å². The second kappa shape index (κ2) is 8.53. The molecule has 0 aliphatic rings. The van der Waals surface area contributed by atoms with Crippen molar-refractivity contribution in [2.45, 2.75) is 33.1 Å². The number of nitrogens with zero attached hydrogens (tertiary/aromatic N) is 2. The summed E-state index contributed by atoms with van der Waals surface area (Å²) in [5, 5.41) is 8.34. The van der Waals surface area contributed by atoms with Gasteiger partial charge in [-0.15, -0.1) is 0 Å². The topological polar surface area (TPSA) is 62.7 Å². The fourth-order valence-corrected chi connectivity index (χ4v) is 3.77. The Morgan fingerprint density at radius 1 is 1.17 bits per heavy atom. The number of carbonyl (C=O) groups excluding carboxylic acids is 1. The van der Waals surface area contributed by atoms with Crippen LogP contribution in [0.25, 0.3) is 16.6 Å². The van der Waals surface area contributed by atoms with Gasteiger partial charge in [0.2, 0.25) is 5.91 Å². The SMILES string of the molecule is Cc1nn(-c2ccccc2)cc1CCCNC(=O)Cc1c(C)[nH]c2ccc(F)cc12. The fourth-order valence-electron chi connectivity index (χ4n) is 3.77. The van der Waals surface area contributed by atoms with Crippen LogP contribution in [0, 0.1) is 19.7 Å². The molecule has 2 aromatic carbocycles. The highest BCUT2D eigenvalue weighted by molar-refractivity contribution is 5.90. The standard InChI is InChI=1S/C24H25FN4O/c1-16-18(15-29(28-16)20-8-4-3-5-9-20)7-6-12-26-24(30)14-21-17(2)27-23-11-10-19(25)13-22(21)23/h3-5,8-11,13,15,27H,6-7,12,14H2,1-2H3,(H,26,30). The number of aryl methyl sites for hydroxylation is 3. The average Bonchev–Trinajstić information content (AvgIpc) is 3.26. The van der Waals surface area contributed by atoms with E-state index in [2.05, 4.69) is 21.6 Å². The van der Waals surface area contributed by atoms with E-state index in [-0.39, 0.29) is 18.1 Å². The molecule has 0 fully saturated rings. The van der Waals surface area contributed by atoms with E-state index in [1.165, 1.54) is 17.7 Å². The number of nitrogens with one attached hydrogen (secondary N) is 2. The molecule has 1 amide bonds. The third kappa shape index (κ3) is 4.27. The second-order valence-corrected chi connectivity index (χ2v) is 7.57. The van der Waals surface area contributed by atoms with Crippen molar-refractivity contribution >= 4 is 16.8 Å². The molecule has 0 aliphatic heterocycles. The Labute approximate surface area is 174 Å². The Balaban J connectivity index is 1.31. The van der Waals surface area contributed by atoms with Crippen LogP contribution in [0.4, 0.5) is 4.39 Å². The van der Waals surface area contributed by atoms with Gasteiger partial charge in [0.05, 0.1) is 17.8 Å². The molecule has 154 valence electrons. The molecule has 5 nitrogen and oxygen atoms in total. The smallest absolute Gasteiger partial charge is 0.224 e. The van der Waals surface area contributed by atoms with Crippen LogP contribution in [-0.2, 0) is 17.6 Å². The maximum Gasteiger partial charge on any atom is 0.224 e. The van der Waals surface area contributed by atoms with Crippen molar-refractivity contribution in [2.24, 2.45) is 0 Å². The summed E-state index contributed by atoms with van der Waals surface area (Å²) in [6.45, 7) is 4.50. The normalized spacial score (nSPS) is 11.2. The van der Waals surface area contributed by atoms with Gasteiger partial charge in [0.15, 0.2) is 0 Å². The minimum absolute atomic E-state index is 0.0556. The molecule has 0 spiro atoms. The van der Waals surface area contributed by atoms with Crippen LogP contribution in [0.3, 0.4) is 0 Å². The van der Waals surface area contributed by atoms with Crippen molar-refractivity contribution in [1.29, 1.82) is 0 Å². The molecule has 2 N–H and O–H groups in total. The van der Waals surface area contributed by atoms with Gasteiger partial charge in [-0.1, -0.05) is 18.2 Å². The van der Waals surface area contributed by atoms with Crippen molar-refractivity contribution in [3.63, 3.8) is 0 Å². The van der Waals surface area contributed by atoms with Crippen LogP contribution in [0.1, 0.15) is 28.9 Å². The number of halogens is 1. The molecule has 4 aromatic rings.